The fraction of sp³-hybridized carbons (Fsp3) is 0.455. The predicted octanol–water partition coefficient (Wildman–Crippen LogP) is 5.27. The zero-order chi connectivity index (χ0) is 31.1. The van der Waals surface area contributed by atoms with Gasteiger partial charge in [-0.25, -0.2) is 4.79 Å². The summed E-state index contributed by atoms with van der Waals surface area (Å²) in [5.74, 6) is -2.06. The largest absolute Gasteiger partial charge is 0.444 e. The second-order valence-corrected chi connectivity index (χ2v) is 11.8. The maximum atomic E-state index is 13.7. The molecule has 0 spiro atoms. The molecule has 8 nitrogen and oxygen atoms in total. The Balaban J connectivity index is 2.27. The van der Waals surface area contributed by atoms with Gasteiger partial charge in [0.1, 0.15) is 5.60 Å². The first-order valence-corrected chi connectivity index (χ1v) is 14.8. The number of ketones is 2. The molecule has 0 heterocycles. The van der Waals surface area contributed by atoms with Crippen LogP contribution in [0.25, 0.3) is 0 Å². The fourth-order valence-electron chi connectivity index (χ4n) is 4.48. The van der Waals surface area contributed by atoms with E-state index in [4.69, 9.17) is 22.1 Å². The van der Waals surface area contributed by atoms with Crippen molar-refractivity contribution in [3.05, 3.63) is 84.1 Å². The summed E-state index contributed by atoms with van der Waals surface area (Å²) >= 11 is 5.86. The molecule has 0 bridgehead atoms. The summed E-state index contributed by atoms with van der Waals surface area (Å²) in [7, 11) is 0. The van der Waals surface area contributed by atoms with E-state index in [-0.39, 0.29) is 36.7 Å². The third-order valence-electron chi connectivity index (χ3n) is 6.58. The number of rotatable bonds is 17. The number of hydrogen-bond donors (Lipinski definition) is 3. The number of unbranched alkanes of at least 4 members (excludes halogenated alkanes) is 1. The number of amides is 2. The average Bonchev–Trinajstić information content (AvgIpc) is 2.93. The molecule has 42 heavy (non-hydrogen) atoms. The molecular formula is C33H44ClN3O5. The quantitative estimate of drug-likeness (QED) is 0.168. The first-order chi connectivity index (χ1) is 19.9. The lowest BCUT2D eigenvalue weighted by Crippen LogP contribution is -2.48. The van der Waals surface area contributed by atoms with Gasteiger partial charge >= 0.3 is 6.09 Å². The van der Waals surface area contributed by atoms with Crippen molar-refractivity contribution in [2.24, 2.45) is 11.7 Å². The van der Waals surface area contributed by atoms with Gasteiger partial charge in [-0.15, -0.1) is 11.6 Å². The van der Waals surface area contributed by atoms with Crippen LogP contribution in [0.1, 0.15) is 64.0 Å². The molecule has 0 aromatic heterocycles. The zero-order valence-electron chi connectivity index (χ0n) is 24.9. The van der Waals surface area contributed by atoms with Crippen molar-refractivity contribution in [3.63, 3.8) is 0 Å². The zero-order valence-corrected chi connectivity index (χ0v) is 25.6. The maximum Gasteiger partial charge on any atom is 0.408 e. The molecule has 0 aliphatic heterocycles. The average molecular weight is 598 g/mol. The van der Waals surface area contributed by atoms with Gasteiger partial charge in [-0.2, -0.15) is 0 Å². The summed E-state index contributed by atoms with van der Waals surface area (Å²) in [4.78, 5) is 52.7. The Labute approximate surface area is 254 Å². The van der Waals surface area contributed by atoms with Gasteiger partial charge in [-0.3, -0.25) is 14.4 Å². The third-order valence-corrected chi connectivity index (χ3v) is 6.85. The van der Waals surface area contributed by atoms with Crippen molar-refractivity contribution < 1.29 is 23.9 Å². The number of alkyl halides is 1. The Bertz CT molecular complexity index is 1180. The molecule has 228 valence electrons. The van der Waals surface area contributed by atoms with Crippen LogP contribution in [0.3, 0.4) is 0 Å². The predicted molar refractivity (Wildman–Crippen MR) is 166 cm³/mol. The number of ether oxygens (including phenoxy) is 1. The van der Waals surface area contributed by atoms with Crippen molar-refractivity contribution in [1.82, 2.24) is 10.6 Å². The number of halogens is 1. The minimum atomic E-state index is -0.919. The molecule has 2 aromatic rings. The molecule has 0 fully saturated rings. The van der Waals surface area contributed by atoms with Gasteiger partial charge in [0.2, 0.25) is 5.91 Å². The molecule has 0 unspecified atom stereocenters. The number of carbonyl (C=O) groups is 4. The topological polar surface area (TPSA) is 128 Å². The minimum Gasteiger partial charge on any atom is -0.444 e. The van der Waals surface area contributed by atoms with E-state index in [0.717, 1.165) is 17.5 Å². The van der Waals surface area contributed by atoms with E-state index in [2.05, 4.69) is 17.2 Å². The summed E-state index contributed by atoms with van der Waals surface area (Å²) in [6.45, 7) is 8.92. The van der Waals surface area contributed by atoms with Crippen molar-refractivity contribution in [3.8, 4) is 0 Å². The van der Waals surface area contributed by atoms with Crippen LogP contribution in [-0.4, -0.2) is 47.1 Å². The molecule has 9 heteroatoms. The Hall–Kier alpha value is -3.65. The lowest BCUT2D eigenvalue weighted by atomic mass is 9.89. The van der Waals surface area contributed by atoms with E-state index in [1.807, 2.05) is 60.7 Å². The van der Waals surface area contributed by atoms with E-state index in [1.54, 1.807) is 20.8 Å². The number of benzene rings is 2. The molecule has 0 aliphatic rings. The number of allylic oxidation sites excluding steroid dienone is 1. The Morgan fingerprint density at radius 1 is 0.857 bits per heavy atom. The number of carbonyl (C=O) groups excluding carboxylic acids is 4. The smallest absolute Gasteiger partial charge is 0.408 e. The standard InChI is InChI=1S/C33H44ClN3O5/c1-23(35)13-11-12-18-27(30(39)22-34)36-31(40)26(19-24-14-7-5-8-15-24)21-29(38)28(20-25-16-9-6-10-17-25)37-32(41)42-33(2,3)4/h5-10,14-17,26-28H,1,11-13,18-22,35H2,2-4H3,(H,36,40)(H,37,41)/t26-,27+,28-/m1/s1. The first kappa shape index (κ1) is 34.6. The van der Waals surface area contributed by atoms with Crippen LogP contribution in [-0.2, 0) is 32.0 Å². The van der Waals surface area contributed by atoms with Gasteiger partial charge < -0.3 is 21.1 Å². The molecular weight excluding hydrogens is 554 g/mol. The summed E-state index contributed by atoms with van der Waals surface area (Å²) < 4.78 is 5.41. The van der Waals surface area contributed by atoms with E-state index in [0.29, 0.717) is 25.0 Å². The van der Waals surface area contributed by atoms with Crippen LogP contribution in [0.15, 0.2) is 72.9 Å². The Kier molecular flexibility index (Phi) is 14.3. The van der Waals surface area contributed by atoms with Crippen LogP contribution < -0.4 is 16.4 Å². The Morgan fingerprint density at radius 2 is 1.43 bits per heavy atom. The van der Waals surface area contributed by atoms with Crippen LogP contribution in [0.2, 0.25) is 0 Å². The molecule has 2 aromatic carbocycles. The second-order valence-electron chi connectivity index (χ2n) is 11.5. The fourth-order valence-corrected chi connectivity index (χ4v) is 4.67. The molecule has 4 N–H and O–H groups in total. The summed E-state index contributed by atoms with van der Waals surface area (Å²) in [6, 6.07) is 17.0. The third kappa shape index (κ3) is 13.3. The minimum absolute atomic E-state index is 0.150. The van der Waals surface area contributed by atoms with Gasteiger partial charge in [0, 0.05) is 18.0 Å². The number of Topliss-reactive ketones (excluding diaryl/α,β-unsaturated/α-hetero) is 2. The molecule has 2 rings (SSSR count). The lowest BCUT2D eigenvalue weighted by molar-refractivity contribution is -0.132. The van der Waals surface area contributed by atoms with Crippen LogP contribution in [0, 0.1) is 5.92 Å². The second kappa shape index (κ2) is 17.3. The van der Waals surface area contributed by atoms with Gasteiger partial charge in [0.05, 0.1) is 18.0 Å². The highest BCUT2D eigenvalue weighted by atomic mass is 35.5. The van der Waals surface area contributed by atoms with Gasteiger partial charge in [-0.05, 0) is 64.0 Å². The highest BCUT2D eigenvalue weighted by molar-refractivity contribution is 6.28. The number of nitrogens with one attached hydrogen (secondary N) is 2. The van der Waals surface area contributed by atoms with E-state index in [9.17, 15) is 19.2 Å². The van der Waals surface area contributed by atoms with Crippen LogP contribution in [0.5, 0.6) is 0 Å². The molecule has 0 saturated carbocycles. The van der Waals surface area contributed by atoms with Gasteiger partial charge in [0.15, 0.2) is 11.6 Å². The number of alkyl carbamates (subject to hydrolysis) is 1. The highest BCUT2D eigenvalue weighted by Gasteiger charge is 2.31. The van der Waals surface area contributed by atoms with E-state index >= 15 is 0 Å². The summed E-state index contributed by atoms with van der Waals surface area (Å²) in [5.41, 5.74) is 7.18. The van der Waals surface area contributed by atoms with Gasteiger partial charge in [-0.1, -0.05) is 73.7 Å². The highest BCUT2D eigenvalue weighted by Crippen LogP contribution is 2.18. The first-order valence-electron chi connectivity index (χ1n) is 14.3. The van der Waals surface area contributed by atoms with E-state index in [1.165, 1.54) is 0 Å². The van der Waals surface area contributed by atoms with E-state index < -0.39 is 35.6 Å². The maximum absolute atomic E-state index is 13.7. The van der Waals surface area contributed by atoms with Crippen molar-refractivity contribution >= 4 is 35.2 Å². The van der Waals surface area contributed by atoms with Crippen molar-refractivity contribution in [2.45, 2.75) is 83.4 Å². The van der Waals surface area contributed by atoms with Crippen molar-refractivity contribution in [1.29, 1.82) is 0 Å². The monoisotopic (exact) mass is 597 g/mol. The SMILES string of the molecule is C=C(N)CCCC[C@H](NC(=O)[C@@H](CC(=O)[C@@H](Cc1ccccc1)NC(=O)OC(C)(C)C)Cc1ccccc1)C(=O)CCl. The molecule has 3 atom stereocenters. The molecule has 0 saturated heterocycles. The molecule has 0 radical (unpaired) electrons. The summed E-state index contributed by atoms with van der Waals surface area (Å²) in [6.07, 6.45) is 2.03. The van der Waals surface area contributed by atoms with Gasteiger partial charge in [0.25, 0.3) is 0 Å². The lowest BCUT2D eigenvalue weighted by Gasteiger charge is -2.25. The number of hydrogen-bond acceptors (Lipinski definition) is 6. The number of nitrogens with two attached hydrogens (primary N) is 1. The summed E-state index contributed by atoms with van der Waals surface area (Å²) in [5, 5.41) is 5.56. The van der Waals surface area contributed by atoms with Crippen LogP contribution in [0.4, 0.5) is 4.79 Å². The normalized spacial score (nSPS) is 13.3. The molecule has 2 amide bonds. The molecule has 0 aliphatic carbocycles. The van der Waals surface area contributed by atoms with Crippen LogP contribution >= 0.6 is 11.6 Å². The van der Waals surface area contributed by atoms with Crippen molar-refractivity contribution in [2.75, 3.05) is 5.88 Å². The Morgan fingerprint density at radius 3 is 1.95 bits per heavy atom.